The molecule has 1 atom stereocenters. The highest BCUT2D eigenvalue weighted by Crippen LogP contribution is 2.28. The molecule has 1 aliphatic rings. The number of hydrogen-bond donors (Lipinski definition) is 2. The van der Waals surface area contributed by atoms with Gasteiger partial charge in [0.1, 0.15) is 5.76 Å². The molecule has 2 N–H and O–H groups in total. The average Bonchev–Trinajstić information content (AvgIpc) is 3.03. The molecule has 5 nitrogen and oxygen atoms in total. The molecule has 0 saturated heterocycles. The minimum absolute atomic E-state index is 0.154. The molecule has 0 saturated carbocycles. The van der Waals surface area contributed by atoms with Crippen molar-refractivity contribution >= 4 is 15.7 Å². The van der Waals surface area contributed by atoms with E-state index in [0.717, 1.165) is 17.7 Å². The Morgan fingerprint density at radius 1 is 1.40 bits per heavy atom. The van der Waals surface area contributed by atoms with Crippen molar-refractivity contribution in [2.24, 2.45) is 0 Å². The van der Waals surface area contributed by atoms with E-state index in [0.29, 0.717) is 16.7 Å². The minimum Gasteiger partial charge on any atom is -0.468 e. The lowest BCUT2D eigenvalue weighted by Crippen LogP contribution is -2.23. The van der Waals surface area contributed by atoms with E-state index in [1.807, 2.05) is 6.07 Å². The minimum atomic E-state index is -3.51. The van der Waals surface area contributed by atoms with Crippen LogP contribution in [0.1, 0.15) is 18.2 Å². The Bertz CT molecular complexity index is 708. The molecule has 0 amide bonds. The predicted molar refractivity (Wildman–Crippen MR) is 76.0 cm³/mol. The smallest absolute Gasteiger partial charge is 0.240 e. The van der Waals surface area contributed by atoms with Crippen molar-refractivity contribution in [2.45, 2.75) is 30.8 Å². The van der Waals surface area contributed by atoms with Crippen LogP contribution in [0.15, 0.2) is 45.9 Å². The first kappa shape index (κ1) is 13.2. The van der Waals surface area contributed by atoms with Gasteiger partial charge in [0.05, 0.1) is 17.7 Å². The molecule has 2 heterocycles. The molecule has 1 aromatic heterocycles. The third-order valence-electron chi connectivity index (χ3n) is 3.33. The van der Waals surface area contributed by atoms with E-state index in [9.17, 15) is 8.42 Å². The van der Waals surface area contributed by atoms with Crippen LogP contribution in [0.25, 0.3) is 0 Å². The largest absolute Gasteiger partial charge is 0.468 e. The van der Waals surface area contributed by atoms with Gasteiger partial charge in [-0.1, -0.05) is 0 Å². The van der Waals surface area contributed by atoms with Crippen LogP contribution in [-0.2, 0) is 23.0 Å². The Balaban J connectivity index is 1.79. The fourth-order valence-electron chi connectivity index (χ4n) is 2.36. The molecule has 1 aromatic carbocycles. The second kappa shape index (κ2) is 4.96. The molecule has 1 unspecified atom stereocenters. The van der Waals surface area contributed by atoms with Crippen molar-refractivity contribution in [2.75, 3.05) is 5.32 Å². The van der Waals surface area contributed by atoms with Gasteiger partial charge in [-0.3, -0.25) is 0 Å². The molecule has 3 rings (SSSR count). The zero-order chi connectivity index (χ0) is 14.2. The van der Waals surface area contributed by atoms with Crippen LogP contribution in [-0.4, -0.2) is 14.5 Å². The standard InChI is InChI=1S/C14H16N2O3S/c1-10-7-11-8-13(4-5-14(11)16-10)20(17,18)15-9-12-3-2-6-19-12/h2-6,8,10,15-16H,7,9H2,1H3. The Morgan fingerprint density at radius 3 is 3.00 bits per heavy atom. The Kier molecular flexibility index (Phi) is 3.27. The summed E-state index contributed by atoms with van der Waals surface area (Å²) >= 11 is 0. The molecule has 0 spiro atoms. The topological polar surface area (TPSA) is 71.3 Å². The van der Waals surface area contributed by atoms with Crippen molar-refractivity contribution in [1.82, 2.24) is 4.72 Å². The molecule has 0 fully saturated rings. The Labute approximate surface area is 118 Å². The summed E-state index contributed by atoms with van der Waals surface area (Å²) in [5, 5.41) is 3.30. The number of benzene rings is 1. The van der Waals surface area contributed by atoms with Crippen LogP contribution >= 0.6 is 0 Å². The summed E-state index contributed by atoms with van der Waals surface area (Å²) < 4.78 is 32.1. The van der Waals surface area contributed by atoms with Crippen LogP contribution < -0.4 is 10.0 Å². The van der Waals surface area contributed by atoms with Gasteiger partial charge < -0.3 is 9.73 Å². The third kappa shape index (κ3) is 2.57. The van der Waals surface area contributed by atoms with E-state index in [1.165, 1.54) is 6.26 Å². The zero-order valence-corrected chi connectivity index (χ0v) is 11.9. The number of sulfonamides is 1. The summed E-state index contributed by atoms with van der Waals surface area (Å²) in [5.41, 5.74) is 2.06. The number of furan rings is 1. The van der Waals surface area contributed by atoms with E-state index in [4.69, 9.17) is 4.42 Å². The average molecular weight is 292 g/mol. The van der Waals surface area contributed by atoms with Gasteiger partial charge in [0.2, 0.25) is 10.0 Å². The van der Waals surface area contributed by atoms with Crippen molar-refractivity contribution in [3.8, 4) is 0 Å². The van der Waals surface area contributed by atoms with Crippen LogP contribution in [0.2, 0.25) is 0 Å². The highest BCUT2D eigenvalue weighted by atomic mass is 32.2. The lowest BCUT2D eigenvalue weighted by Gasteiger charge is -2.07. The molecule has 2 aromatic rings. The summed E-state index contributed by atoms with van der Waals surface area (Å²) in [6.45, 7) is 2.23. The van der Waals surface area contributed by atoms with Gasteiger partial charge in [-0.05, 0) is 49.2 Å². The Morgan fingerprint density at radius 2 is 2.25 bits per heavy atom. The first-order chi connectivity index (χ1) is 9.54. The van der Waals surface area contributed by atoms with E-state index in [2.05, 4.69) is 17.0 Å². The summed E-state index contributed by atoms with van der Waals surface area (Å²) in [6, 6.07) is 8.98. The molecule has 106 valence electrons. The summed E-state index contributed by atoms with van der Waals surface area (Å²) in [6.07, 6.45) is 2.36. The van der Waals surface area contributed by atoms with E-state index >= 15 is 0 Å². The molecule has 0 aliphatic carbocycles. The fraction of sp³-hybridized carbons (Fsp3) is 0.286. The van der Waals surface area contributed by atoms with Gasteiger partial charge in [-0.2, -0.15) is 0 Å². The van der Waals surface area contributed by atoms with Crippen molar-refractivity contribution in [3.05, 3.63) is 47.9 Å². The Hall–Kier alpha value is -1.79. The molecular weight excluding hydrogens is 276 g/mol. The monoisotopic (exact) mass is 292 g/mol. The van der Waals surface area contributed by atoms with Gasteiger partial charge in [0.15, 0.2) is 0 Å². The first-order valence-corrected chi connectivity index (χ1v) is 7.94. The lowest BCUT2D eigenvalue weighted by atomic mass is 10.1. The quantitative estimate of drug-likeness (QED) is 0.905. The SMILES string of the molecule is CC1Cc2cc(S(=O)(=O)NCc3ccco3)ccc2N1. The van der Waals surface area contributed by atoms with E-state index in [-0.39, 0.29) is 6.54 Å². The van der Waals surface area contributed by atoms with Crippen molar-refractivity contribution in [1.29, 1.82) is 0 Å². The van der Waals surface area contributed by atoms with Gasteiger partial charge in [-0.25, -0.2) is 13.1 Å². The summed E-state index contributed by atoms with van der Waals surface area (Å²) in [4.78, 5) is 0.290. The maximum atomic E-state index is 12.2. The first-order valence-electron chi connectivity index (χ1n) is 6.46. The highest BCUT2D eigenvalue weighted by Gasteiger charge is 2.21. The van der Waals surface area contributed by atoms with Gasteiger partial charge >= 0.3 is 0 Å². The maximum Gasteiger partial charge on any atom is 0.240 e. The number of rotatable bonds is 4. The third-order valence-corrected chi connectivity index (χ3v) is 4.73. The maximum absolute atomic E-state index is 12.2. The molecule has 6 heteroatoms. The second-order valence-electron chi connectivity index (χ2n) is 4.97. The van der Waals surface area contributed by atoms with Crippen molar-refractivity contribution in [3.63, 3.8) is 0 Å². The van der Waals surface area contributed by atoms with E-state index < -0.39 is 10.0 Å². The van der Waals surface area contributed by atoms with Gasteiger partial charge in [0, 0.05) is 11.7 Å². The summed E-state index contributed by atoms with van der Waals surface area (Å²) in [5.74, 6) is 0.588. The van der Waals surface area contributed by atoms with Crippen LogP contribution in [0.4, 0.5) is 5.69 Å². The number of anilines is 1. The van der Waals surface area contributed by atoms with Gasteiger partial charge in [-0.15, -0.1) is 0 Å². The fourth-order valence-corrected chi connectivity index (χ4v) is 3.40. The van der Waals surface area contributed by atoms with E-state index in [1.54, 1.807) is 24.3 Å². The van der Waals surface area contributed by atoms with Gasteiger partial charge in [0.25, 0.3) is 0 Å². The van der Waals surface area contributed by atoms with Crippen molar-refractivity contribution < 1.29 is 12.8 Å². The second-order valence-corrected chi connectivity index (χ2v) is 6.74. The molecule has 20 heavy (non-hydrogen) atoms. The van der Waals surface area contributed by atoms with Crippen LogP contribution in [0.5, 0.6) is 0 Å². The number of hydrogen-bond acceptors (Lipinski definition) is 4. The number of nitrogens with one attached hydrogen (secondary N) is 2. The molecule has 0 radical (unpaired) electrons. The lowest BCUT2D eigenvalue weighted by molar-refractivity contribution is 0.498. The zero-order valence-electron chi connectivity index (χ0n) is 11.1. The predicted octanol–water partition coefficient (Wildman–Crippen LogP) is 2.11. The summed E-state index contributed by atoms with van der Waals surface area (Å²) in [7, 11) is -3.51. The number of fused-ring (bicyclic) bond motifs is 1. The highest BCUT2D eigenvalue weighted by molar-refractivity contribution is 7.89. The van der Waals surface area contributed by atoms with Crippen LogP contribution in [0.3, 0.4) is 0 Å². The molecule has 0 bridgehead atoms. The molecular formula is C14H16N2O3S. The molecule has 1 aliphatic heterocycles. The van der Waals surface area contributed by atoms with Crippen LogP contribution in [0, 0.1) is 0 Å². The normalized spacial score (nSPS) is 17.8.